The molecule has 3 rings (SSSR count). The van der Waals surface area contributed by atoms with E-state index >= 15 is 0 Å². The van der Waals surface area contributed by atoms with Crippen LogP contribution in [-0.2, 0) is 9.53 Å². The Morgan fingerprint density at radius 2 is 1.89 bits per heavy atom. The number of benzene rings is 1. The Balaban J connectivity index is 1.71. The van der Waals surface area contributed by atoms with E-state index in [1.807, 2.05) is 0 Å². The second-order valence-electron chi connectivity index (χ2n) is 8.55. The van der Waals surface area contributed by atoms with Gasteiger partial charge >= 0.3 is 6.09 Å². The molecule has 27 heavy (non-hydrogen) atoms. The fourth-order valence-corrected chi connectivity index (χ4v) is 4.14. The highest BCUT2D eigenvalue weighted by Crippen LogP contribution is 2.46. The molecular weight excluding hydrogens is 354 g/mol. The summed E-state index contributed by atoms with van der Waals surface area (Å²) in [7, 11) is 0. The Labute approximate surface area is 158 Å². The summed E-state index contributed by atoms with van der Waals surface area (Å²) < 4.78 is 32.4. The number of amides is 2. The maximum Gasteiger partial charge on any atom is 0.407 e. The largest absolute Gasteiger partial charge is 0.444 e. The summed E-state index contributed by atoms with van der Waals surface area (Å²) in [6, 6.07) is 3.00. The molecule has 1 saturated carbocycles. The first-order valence-electron chi connectivity index (χ1n) is 9.36. The van der Waals surface area contributed by atoms with Crippen molar-refractivity contribution >= 4 is 17.7 Å². The number of anilines is 1. The molecule has 1 aliphatic heterocycles. The van der Waals surface area contributed by atoms with Crippen LogP contribution in [0.5, 0.6) is 0 Å². The zero-order valence-corrected chi connectivity index (χ0v) is 16.0. The van der Waals surface area contributed by atoms with Crippen LogP contribution in [0.2, 0.25) is 0 Å². The Morgan fingerprint density at radius 3 is 2.52 bits per heavy atom. The number of nitrogens with zero attached hydrogens (tertiary/aromatic N) is 1. The summed E-state index contributed by atoms with van der Waals surface area (Å²) in [4.78, 5) is 26.6. The number of ether oxygens (including phenoxy) is 1. The predicted molar refractivity (Wildman–Crippen MR) is 97.4 cm³/mol. The lowest BCUT2D eigenvalue weighted by Gasteiger charge is -2.37. The van der Waals surface area contributed by atoms with Gasteiger partial charge in [-0.3, -0.25) is 4.79 Å². The Bertz CT molecular complexity index is 727. The molecule has 2 fully saturated rings. The number of alkyl carbamates (subject to hydrolysis) is 1. The first kappa shape index (κ1) is 19.6. The predicted octanol–water partition coefficient (Wildman–Crippen LogP) is 4.16. The molecule has 0 radical (unpaired) electrons. The van der Waals surface area contributed by atoms with Gasteiger partial charge in [0.15, 0.2) is 0 Å². The Morgan fingerprint density at radius 1 is 1.22 bits per heavy atom. The third-order valence-electron chi connectivity index (χ3n) is 5.24. The van der Waals surface area contributed by atoms with E-state index < -0.39 is 28.7 Å². The van der Waals surface area contributed by atoms with Gasteiger partial charge in [0.05, 0.1) is 5.41 Å². The maximum atomic E-state index is 13.5. The van der Waals surface area contributed by atoms with Gasteiger partial charge in [-0.2, -0.15) is 0 Å². The lowest BCUT2D eigenvalue weighted by atomic mass is 9.71. The Hall–Kier alpha value is -2.18. The minimum atomic E-state index is -0.702. The molecule has 2 amide bonds. The molecule has 0 aromatic heterocycles. The van der Waals surface area contributed by atoms with Gasteiger partial charge in [0.25, 0.3) is 0 Å². The highest BCUT2D eigenvalue weighted by molar-refractivity contribution is 6.00. The summed E-state index contributed by atoms with van der Waals surface area (Å²) in [5.41, 5.74) is -0.935. The number of hydrogen-bond donors (Lipinski definition) is 1. The average Bonchev–Trinajstić information content (AvgIpc) is 2.81. The van der Waals surface area contributed by atoms with Crippen molar-refractivity contribution in [2.45, 2.75) is 64.5 Å². The van der Waals surface area contributed by atoms with Gasteiger partial charge in [0, 0.05) is 24.3 Å². The Kier molecular flexibility index (Phi) is 5.14. The van der Waals surface area contributed by atoms with Crippen molar-refractivity contribution in [2.24, 2.45) is 5.41 Å². The molecule has 1 aromatic rings. The fraction of sp³-hybridized carbons (Fsp3) is 0.600. The van der Waals surface area contributed by atoms with E-state index in [0.717, 1.165) is 18.9 Å². The zero-order chi connectivity index (χ0) is 19.8. The average molecular weight is 380 g/mol. The molecule has 148 valence electrons. The number of rotatable bonds is 2. The lowest BCUT2D eigenvalue weighted by molar-refractivity contribution is -0.127. The maximum absolute atomic E-state index is 13.5. The van der Waals surface area contributed by atoms with Crippen molar-refractivity contribution in [3.8, 4) is 0 Å². The molecule has 2 aliphatic rings. The van der Waals surface area contributed by atoms with Gasteiger partial charge in [0.1, 0.15) is 17.2 Å². The van der Waals surface area contributed by atoms with Gasteiger partial charge in [-0.1, -0.05) is 6.42 Å². The van der Waals surface area contributed by atoms with Crippen LogP contribution in [0.3, 0.4) is 0 Å². The van der Waals surface area contributed by atoms with E-state index in [2.05, 4.69) is 5.32 Å². The summed E-state index contributed by atoms with van der Waals surface area (Å²) >= 11 is 0. The van der Waals surface area contributed by atoms with Gasteiger partial charge in [-0.15, -0.1) is 0 Å². The van der Waals surface area contributed by atoms with Crippen LogP contribution < -0.4 is 10.2 Å². The summed E-state index contributed by atoms with van der Waals surface area (Å²) in [5.74, 6) is -1.53. The zero-order valence-electron chi connectivity index (χ0n) is 16.0. The molecule has 2 atom stereocenters. The second-order valence-corrected chi connectivity index (χ2v) is 8.55. The highest BCUT2D eigenvalue weighted by atomic mass is 19.1. The molecule has 5 nitrogen and oxygen atoms in total. The summed E-state index contributed by atoms with van der Waals surface area (Å²) in [5, 5.41) is 2.87. The van der Waals surface area contributed by atoms with E-state index in [1.54, 1.807) is 20.8 Å². The van der Waals surface area contributed by atoms with Crippen molar-refractivity contribution < 1.29 is 23.1 Å². The molecule has 1 spiro atoms. The number of halogens is 2. The molecule has 1 saturated heterocycles. The second kappa shape index (κ2) is 7.09. The van der Waals surface area contributed by atoms with E-state index in [-0.39, 0.29) is 17.6 Å². The fourth-order valence-electron chi connectivity index (χ4n) is 4.14. The molecule has 7 heteroatoms. The number of nitrogens with one attached hydrogen (secondary N) is 1. The van der Waals surface area contributed by atoms with Gasteiger partial charge in [0.2, 0.25) is 5.91 Å². The molecule has 0 bridgehead atoms. The van der Waals surface area contributed by atoms with E-state index in [1.165, 1.54) is 17.0 Å². The minimum absolute atomic E-state index is 0.122. The van der Waals surface area contributed by atoms with E-state index in [0.29, 0.717) is 25.8 Å². The highest BCUT2D eigenvalue weighted by Gasteiger charge is 2.49. The van der Waals surface area contributed by atoms with E-state index in [4.69, 9.17) is 4.74 Å². The molecule has 1 heterocycles. The number of carbonyl (C=O) groups excluding carboxylic acids is 2. The van der Waals surface area contributed by atoms with Crippen LogP contribution in [-0.4, -0.2) is 30.2 Å². The molecule has 2 unspecified atom stereocenters. The summed E-state index contributed by atoms with van der Waals surface area (Å²) in [6.07, 6.45) is 2.93. The van der Waals surface area contributed by atoms with Gasteiger partial charge in [-0.05, 0) is 58.6 Å². The van der Waals surface area contributed by atoms with Gasteiger partial charge < -0.3 is 15.0 Å². The number of carbonyl (C=O) groups is 2. The van der Waals surface area contributed by atoms with Crippen LogP contribution in [0.1, 0.15) is 52.9 Å². The normalized spacial score (nSPS) is 25.7. The van der Waals surface area contributed by atoms with E-state index in [9.17, 15) is 18.4 Å². The van der Waals surface area contributed by atoms with Crippen LogP contribution in [0, 0.1) is 17.0 Å². The first-order chi connectivity index (χ1) is 12.6. The topological polar surface area (TPSA) is 58.6 Å². The lowest BCUT2D eigenvalue weighted by Crippen LogP contribution is -2.47. The molecule has 1 aromatic carbocycles. The third-order valence-corrected chi connectivity index (χ3v) is 5.24. The SMILES string of the molecule is CC(C)(C)OC(=O)NC1CCCC2(CCN(c3cc(F)cc(F)c3)C2=O)C1. The minimum Gasteiger partial charge on any atom is -0.444 e. The third kappa shape index (κ3) is 4.39. The number of hydrogen-bond acceptors (Lipinski definition) is 3. The quantitative estimate of drug-likeness (QED) is 0.838. The molecule has 1 aliphatic carbocycles. The molecular formula is C20H26F2N2O3. The molecule has 1 N–H and O–H groups in total. The van der Waals surface area contributed by atoms with Crippen molar-refractivity contribution in [1.82, 2.24) is 5.32 Å². The van der Waals surface area contributed by atoms with Crippen molar-refractivity contribution in [1.29, 1.82) is 0 Å². The van der Waals surface area contributed by atoms with Crippen molar-refractivity contribution in [3.05, 3.63) is 29.8 Å². The van der Waals surface area contributed by atoms with Crippen LogP contribution in [0.15, 0.2) is 18.2 Å². The van der Waals surface area contributed by atoms with Crippen LogP contribution in [0.25, 0.3) is 0 Å². The smallest absolute Gasteiger partial charge is 0.407 e. The summed E-state index contributed by atoms with van der Waals surface area (Å²) in [6.45, 7) is 5.81. The monoisotopic (exact) mass is 380 g/mol. The standard InChI is InChI=1S/C20H26F2N2O3/c1-19(2,3)27-18(26)23-15-5-4-6-20(12-15)7-8-24(17(20)25)16-10-13(21)9-14(22)11-16/h9-11,15H,4-8,12H2,1-3H3,(H,23,26). The first-order valence-corrected chi connectivity index (χ1v) is 9.36. The van der Waals surface area contributed by atoms with Gasteiger partial charge in [-0.25, -0.2) is 13.6 Å². The van der Waals surface area contributed by atoms with Crippen molar-refractivity contribution in [3.63, 3.8) is 0 Å². The van der Waals surface area contributed by atoms with Crippen molar-refractivity contribution in [2.75, 3.05) is 11.4 Å². The van der Waals surface area contributed by atoms with Crippen LogP contribution >= 0.6 is 0 Å². The van der Waals surface area contributed by atoms with Crippen LogP contribution in [0.4, 0.5) is 19.3 Å².